The molecule has 2 heterocycles. The fraction of sp³-hybridized carbons (Fsp3) is 0. The number of nitrogens with zero attached hydrogens (tertiary/aromatic N) is 2. The first kappa shape index (κ1) is 23.8. The fourth-order valence-electron chi connectivity index (χ4n) is 5.83. The van der Waals surface area contributed by atoms with Gasteiger partial charge in [-0.3, -0.25) is 0 Å². The molecule has 0 spiro atoms. The molecule has 4 nitrogen and oxygen atoms in total. The van der Waals surface area contributed by atoms with Gasteiger partial charge in [-0.05, 0) is 112 Å². The lowest BCUT2D eigenvalue weighted by Gasteiger charge is -2.12. The van der Waals surface area contributed by atoms with E-state index < -0.39 is 0 Å². The molecule has 0 radical (unpaired) electrons. The standard InChI is InChI=1S/C38H20N2O2/c39-21-23-4-3-5-25(14-23)28-16-29(26-9-11-32-31-6-1-2-7-35(31)41-37(32)19-26)18-30(17-28)27-10-12-33-34-15-24(22-40)8-13-36(34)42-38(33)20-27/h1-20H. The maximum Gasteiger partial charge on any atom is 0.136 e. The minimum absolute atomic E-state index is 0.604. The minimum atomic E-state index is 0.604. The first-order valence-corrected chi connectivity index (χ1v) is 13.6. The van der Waals surface area contributed by atoms with Gasteiger partial charge in [0, 0.05) is 21.5 Å². The predicted molar refractivity (Wildman–Crippen MR) is 167 cm³/mol. The van der Waals surface area contributed by atoms with E-state index in [1.807, 2.05) is 54.6 Å². The van der Waals surface area contributed by atoms with Gasteiger partial charge in [-0.2, -0.15) is 10.5 Å². The molecule has 0 unspecified atom stereocenters. The highest BCUT2D eigenvalue weighted by Crippen LogP contribution is 2.38. The summed E-state index contributed by atoms with van der Waals surface area (Å²) in [5.41, 5.74) is 10.5. The van der Waals surface area contributed by atoms with E-state index in [-0.39, 0.29) is 0 Å². The van der Waals surface area contributed by atoms with Crippen LogP contribution in [0.15, 0.2) is 130 Å². The Balaban J connectivity index is 1.32. The Kier molecular flexibility index (Phi) is 5.22. The molecule has 0 amide bonds. The molecule has 0 N–H and O–H groups in total. The molecule has 2 aromatic heterocycles. The zero-order valence-electron chi connectivity index (χ0n) is 22.3. The molecule has 0 aliphatic carbocycles. The van der Waals surface area contributed by atoms with Crippen molar-refractivity contribution in [2.24, 2.45) is 0 Å². The van der Waals surface area contributed by atoms with E-state index >= 15 is 0 Å². The first-order valence-electron chi connectivity index (χ1n) is 13.6. The van der Waals surface area contributed by atoms with E-state index in [0.29, 0.717) is 11.1 Å². The van der Waals surface area contributed by atoms with Crippen LogP contribution >= 0.6 is 0 Å². The van der Waals surface area contributed by atoms with Gasteiger partial charge in [-0.1, -0.05) is 42.5 Å². The third-order valence-electron chi connectivity index (χ3n) is 7.90. The molecule has 194 valence electrons. The largest absolute Gasteiger partial charge is 0.456 e. The SMILES string of the molecule is N#Cc1cccc(-c2cc(-c3ccc4c(c3)oc3ccccc34)cc(-c3ccc4c(c3)oc3ccc(C#N)cc34)c2)c1. The van der Waals surface area contributed by atoms with E-state index in [1.54, 1.807) is 6.07 Å². The summed E-state index contributed by atoms with van der Waals surface area (Å²) < 4.78 is 12.4. The maximum absolute atomic E-state index is 9.54. The Hall–Kier alpha value is -6.10. The van der Waals surface area contributed by atoms with E-state index in [2.05, 4.69) is 72.8 Å². The molecule has 0 aliphatic heterocycles. The van der Waals surface area contributed by atoms with Gasteiger partial charge in [-0.25, -0.2) is 0 Å². The Labute approximate surface area is 240 Å². The van der Waals surface area contributed by atoms with Gasteiger partial charge in [0.15, 0.2) is 0 Å². The van der Waals surface area contributed by atoms with Crippen molar-refractivity contribution in [3.8, 4) is 45.5 Å². The summed E-state index contributed by atoms with van der Waals surface area (Å²) in [6, 6.07) is 44.8. The monoisotopic (exact) mass is 536 g/mol. The van der Waals surface area contributed by atoms with E-state index in [9.17, 15) is 10.5 Å². The Morgan fingerprint density at radius 2 is 0.905 bits per heavy atom. The molecule has 0 saturated carbocycles. The lowest BCUT2D eigenvalue weighted by Crippen LogP contribution is -1.87. The number of benzene rings is 6. The van der Waals surface area contributed by atoms with Gasteiger partial charge >= 0.3 is 0 Å². The van der Waals surface area contributed by atoms with Crippen molar-refractivity contribution in [2.45, 2.75) is 0 Å². The number of para-hydroxylation sites is 1. The molecule has 0 aliphatic rings. The maximum atomic E-state index is 9.54. The second-order valence-corrected chi connectivity index (χ2v) is 10.4. The lowest BCUT2D eigenvalue weighted by atomic mass is 9.92. The van der Waals surface area contributed by atoms with Gasteiger partial charge in [-0.15, -0.1) is 0 Å². The van der Waals surface area contributed by atoms with Gasteiger partial charge in [0.25, 0.3) is 0 Å². The molecule has 0 bridgehead atoms. The Morgan fingerprint density at radius 1 is 0.357 bits per heavy atom. The predicted octanol–water partition coefficient (Wildman–Crippen LogP) is 10.2. The molecule has 0 saturated heterocycles. The second kappa shape index (κ2) is 9.24. The zero-order valence-corrected chi connectivity index (χ0v) is 22.3. The molecular weight excluding hydrogens is 516 g/mol. The van der Waals surface area contributed by atoms with E-state index in [1.165, 1.54) is 0 Å². The number of furan rings is 2. The van der Waals surface area contributed by atoms with Crippen LogP contribution in [-0.2, 0) is 0 Å². The summed E-state index contributed by atoms with van der Waals surface area (Å²) in [5, 5.41) is 23.0. The highest BCUT2D eigenvalue weighted by molar-refractivity contribution is 6.07. The highest BCUT2D eigenvalue weighted by Gasteiger charge is 2.14. The number of rotatable bonds is 3. The number of nitriles is 2. The average molecular weight is 537 g/mol. The summed E-state index contributed by atoms with van der Waals surface area (Å²) in [5.74, 6) is 0. The lowest BCUT2D eigenvalue weighted by molar-refractivity contribution is 0.668. The molecule has 0 fully saturated rings. The average Bonchev–Trinajstić information content (AvgIpc) is 3.61. The quantitative estimate of drug-likeness (QED) is 0.225. The van der Waals surface area contributed by atoms with Crippen LogP contribution in [0.4, 0.5) is 0 Å². The first-order chi connectivity index (χ1) is 20.7. The van der Waals surface area contributed by atoms with Crippen molar-refractivity contribution in [3.63, 3.8) is 0 Å². The van der Waals surface area contributed by atoms with Crippen LogP contribution in [0.3, 0.4) is 0 Å². The van der Waals surface area contributed by atoms with E-state index in [0.717, 1.165) is 77.3 Å². The van der Waals surface area contributed by atoms with Crippen molar-refractivity contribution in [1.29, 1.82) is 10.5 Å². The molecule has 8 aromatic rings. The molecule has 0 atom stereocenters. The van der Waals surface area contributed by atoms with Crippen molar-refractivity contribution < 1.29 is 8.83 Å². The second-order valence-electron chi connectivity index (χ2n) is 10.4. The third-order valence-corrected chi connectivity index (χ3v) is 7.90. The van der Waals surface area contributed by atoms with Gasteiger partial charge in [0.05, 0.1) is 23.3 Å². The van der Waals surface area contributed by atoms with Crippen LogP contribution in [0.5, 0.6) is 0 Å². The van der Waals surface area contributed by atoms with Crippen molar-refractivity contribution >= 4 is 43.9 Å². The zero-order chi connectivity index (χ0) is 28.2. The van der Waals surface area contributed by atoms with Crippen LogP contribution in [0.2, 0.25) is 0 Å². The minimum Gasteiger partial charge on any atom is -0.456 e. The van der Waals surface area contributed by atoms with Gasteiger partial charge in [0.2, 0.25) is 0 Å². The fourth-order valence-corrected chi connectivity index (χ4v) is 5.83. The normalized spacial score (nSPS) is 11.3. The molecule has 4 heteroatoms. The highest BCUT2D eigenvalue weighted by atomic mass is 16.3. The Morgan fingerprint density at radius 3 is 1.57 bits per heavy atom. The van der Waals surface area contributed by atoms with Crippen LogP contribution < -0.4 is 0 Å². The number of fused-ring (bicyclic) bond motifs is 6. The summed E-state index contributed by atoms with van der Waals surface area (Å²) in [7, 11) is 0. The van der Waals surface area contributed by atoms with Crippen LogP contribution in [-0.4, -0.2) is 0 Å². The van der Waals surface area contributed by atoms with Gasteiger partial charge < -0.3 is 8.83 Å². The van der Waals surface area contributed by atoms with Crippen LogP contribution in [0.25, 0.3) is 77.3 Å². The third kappa shape index (κ3) is 3.83. The summed E-state index contributed by atoms with van der Waals surface area (Å²) >= 11 is 0. The topological polar surface area (TPSA) is 73.9 Å². The van der Waals surface area contributed by atoms with Crippen molar-refractivity contribution in [3.05, 3.63) is 132 Å². The summed E-state index contributed by atoms with van der Waals surface area (Å²) in [4.78, 5) is 0. The van der Waals surface area contributed by atoms with Gasteiger partial charge in [0.1, 0.15) is 22.3 Å². The molecule has 6 aromatic carbocycles. The summed E-state index contributed by atoms with van der Waals surface area (Å²) in [6.45, 7) is 0. The molecule has 8 rings (SSSR count). The summed E-state index contributed by atoms with van der Waals surface area (Å²) in [6.07, 6.45) is 0. The Bertz CT molecular complexity index is 2450. The van der Waals surface area contributed by atoms with Crippen molar-refractivity contribution in [1.82, 2.24) is 0 Å². The van der Waals surface area contributed by atoms with E-state index in [4.69, 9.17) is 8.83 Å². The number of hydrogen-bond acceptors (Lipinski definition) is 4. The van der Waals surface area contributed by atoms with Crippen LogP contribution in [0.1, 0.15) is 11.1 Å². The van der Waals surface area contributed by atoms with Crippen LogP contribution in [0, 0.1) is 22.7 Å². The molecule has 42 heavy (non-hydrogen) atoms. The number of hydrogen-bond donors (Lipinski definition) is 0. The molecular formula is C38H20N2O2. The van der Waals surface area contributed by atoms with Crippen molar-refractivity contribution in [2.75, 3.05) is 0 Å². The smallest absolute Gasteiger partial charge is 0.136 e.